The average molecular weight is 320 g/mol. The number of aromatic nitrogens is 2. The van der Waals surface area contributed by atoms with Crippen LogP contribution < -0.4 is 4.74 Å². The number of hydrogen-bond acceptors (Lipinski definition) is 4. The maximum Gasteiger partial charge on any atom is 0.429 e. The summed E-state index contributed by atoms with van der Waals surface area (Å²) in [6.07, 6.45) is -1.52. The molecule has 1 atom stereocenters. The molecule has 0 bridgehead atoms. The number of halogens is 3. The molecule has 0 aliphatic heterocycles. The Balaban J connectivity index is 2.05. The zero-order valence-electron chi connectivity index (χ0n) is 11.7. The molecule has 0 aliphatic carbocycles. The Morgan fingerprint density at radius 2 is 1.91 bits per heavy atom. The van der Waals surface area contributed by atoms with Gasteiger partial charge >= 0.3 is 6.18 Å². The summed E-state index contributed by atoms with van der Waals surface area (Å²) < 4.78 is 50.6. The lowest BCUT2D eigenvalue weighted by molar-refractivity contribution is -0.198. The molecular formula is C16H11F3N2O2. The van der Waals surface area contributed by atoms with E-state index in [2.05, 4.69) is 9.97 Å². The Kier molecular flexibility index (Phi) is 4.01. The van der Waals surface area contributed by atoms with Crippen molar-refractivity contribution in [1.82, 2.24) is 9.97 Å². The van der Waals surface area contributed by atoms with Crippen molar-refractivity contribution < 1.29 is 22.3 Å². The minimum Gasteiger partial charge on any atom is -0.472 e. The van der Waals surface area contributed by atoms with Crippen LogP contribution >= 0.6 is 0 Å². The van der Waals surface area contributed by atoms with Gasteiger partial charge in [0.2, 0.25) is 12.0 Å². The van der Waals surface area contributed by atoms with Crippen LogP contribution in [0.2, 0.25) is 0 Å². The standard InChI is InChI=1S/C16H11F3N2O2/c17-16(18,19)15(23-14-5-7-20-10-21-14)13-4-2-1-3-12(13)11-6-8-22-9-11/h1-10,15H. The molecule has 2 aromatic heterocycles. The summed E-state index contributed by atoms with van der Waals surface area (Å²) in [6.45, 7) is 0. The fraction of sp³-hybridized carbons (Fsp3) is 0.125. The number of rotatable bonds is 4. The van der Waals surface area contributed by atoms with Gasteiger partial charge < -0.3 is 9.15 Å². The van der Waals surface area contributed by atoms with E-state index in [1.807, 2.05) is 0 Å². The van der Waals surface area contributed by atoms with Gasteiger partial charge in [0.25, 0.3) is 0 Å². The fourth-order valence-electron chi connectivity index (χ4n) is 2.18. The Bertz CT molecular complexity index is 759. The third-order valence-electron chi connectivity index (χ3n) is 3.17. The van der Waals surface area contributed by atoms with E-state index in [0.29, 0.717) is 11.1 Å². The molecule has 0 fully saturated rings. The largest absolute Gasteiger partial charge is 0.472 e. The molecule has 7 heteroatoms. The van der Waals surface area contributed by atoms with Crippen molar-refractivity contribution >= 4 is 0 Å². The quantitative estimate of drug-likeness (QED) is 0.714. The first kappa shape index (κ1) is 15.1. The average Bonchev–Trinajstić information content (AvgIpc) is 3.07. The molecule has 4 nitrogen and oxygen atoms in total. The van der Waals surface area contributed by atoms with E-state index in [4.69, 9.17) is 9.15 Å². The lowest BCUT2D eigenvalue weighted by Gasteiger charge is -2.23. The molecule has 0 aliphatic rings. The molecule has 0 N–H and O–H groups in total. The Morgan fingerprint density at radius 1 is 1.09 bits per heavy atom. The summed E-state index contributed by atoms with van der Waals surface area (Å²) >= 11 is 0. The molecule has 23 heavy (non-hydrogen) atoms. The van der Waals surface area contributed by atoms with Gasteiger partial charge in [-0.3, -0.25) is 0 Å². The summed E-state index contributed by atoms with van der Waals surface area (Å²) in [5, 5.41) is 0. The van der Waals surface area contributed by atoms with Crippen LogP contribution in [0, 0.1) is 0 Å². The summed E-state index contributed by atoms with van der Waals surface area (Å²) in [7, 11) is 0. The van der Waals surface area contributed by atoms with E-state index in [-0.39, 0.29) is 11.4 Å². The van der Waals surface area contributed by atoms with Gasteiger partial charge in [-0.15, -0.1) is 0 Å². The van der Waals surface area contributed by atoms with Crippen LogP contribution in [0.4, 0.5) is 13.2 Å². The summed E-state index contributed by atoms with van der Waals surface area (Å²) in [5.41, 5.74) is 0.916. The normalized spacial score (nSPS) is 12.8. The van der Waals surface area contributed by atoms with Crippen molar-refractivity contribution in [1.29, 1.82) is 0 Å². The van der Waals surface area contributed by atoms with Crippen molar-refractivity contribution in [3.8, 4) is 17.0 Å². The molecule has 1 aromatic carbocycles. The maximum absolute atomic E-state index is 13.5. The van der Waals surface area contributed by atoms with Gasteiger partial charge in [-0.2, -0.15) is 13.2 Å². The minimum absolute atomic E-state index is 0.0139. The molecule has 118 valence electrons. The summed E-state index contributed by atoms with van der Waals surface area (Å²) in [4.78, 5) is 7.36. The Morgan fingerprint density at radius 3 is 2.57 bits per heavy atom. The number of hydrogen-bond donors (Lipinski definition) is 0. The van der Waals surface area contributed by atoms with Crippen LogP contribution in [0.25, 0.3) is 11.1 Å². The number of alkyl halides is 3. The number of furan rings is 1. The van der Waals surface area contributed by atoms with Gasteiger partial charge in [0.1, 0.15) is 6.33 Å². The molecular weight excluding hydrogens is 309 g/mol. The lowest BCUT2D eigenvalue weighted by Crippen LogP contribution is -2.27. The maximum atomic E-state index is 13.5. The summed E-state index contributed by atoms with van der Waals surface area (Å²) in [5.74, 6) is -0.149. The van der Waals surface area contributed by atoms with Gasteiger partial charge in [-0.25, -0.2) is 9.97 Å². The number of nitrogens with zero attached hydrogens (tertiary/aromatic N) is 2. The lowest BCUT2D eigenvalue weighted by atomic mass is 9.97. The molecule has 0 amide bonds. The molecule has 0 radical (unpaired) electrons. The molecule has 1 unspecified atom stereocenters. The highest BCUT2D eigenvalue weighted by Crippen LogP contribution is 2.40. The van der Waals surface area contributed by atoms with Crippen molar-refractivity contribution in [3.05, 3.63) is 67.0 Å². The van der Waals surface area contributed by atoms with Crippen LogP contribution in [0.1, 0.15) is 11.7 Å². The van der Waals surface area contributed by atoms with E-state index < -0.39 is 12.3 Å². The smallest absolute Gasteiger partial charge is 0.429 e. The van der Waals surface area contributed by atoms with Crippen molar-refractivity contribution in [2.75, 3.05) is 0 Å². The number of benzene rings is 1. The third-order valence-corrected chi connectivity index (χ3v) is 3.17. The first-order chi connectivity index (χ1) is 11.1. The summed E-state index contributed by atoms with van der Waals surface area (Å²) in [6, 6.07) is 9.02. The zero-order chi connectivity index (χ0) is 16.3. The molecule has 0 spiro atoms. The van der Waals surface area contributed by atoms with E-state index in [9.17, 15) is 13.2 Å². The van der Waals surface area contributed by atoms with Crippen molar-refractivity contribution in [2.24, 2.45) is 0 Å². The predicted molar refractivity (Wildman–Crippen MR) is 75.6 cm³/mol. The highest BCUT2D eigenvalue weighted by molar-refractivity contribution is 5.67. The van der Waals surface area contributed by atoms with Gasteiger partial charge in [-0.1, -0.05) is 24.3 Å². The van der Waals surface area contributed by atoms with E-state index in [1.165, 1.54) is 36.9 Å². The first-order valence-corrected chi connectivity index (χ1v) is 6.66. The molecule has 2 heterocycles. The van der Waals surface area contributed by atoms with Gasteiger partial charge in [-0.05, 0) is 11.6 Å². The van der Waals surface area contributed by atoms with Gasteiger partial charge in [0, 0.05) is 23.4 Å². The first-order valence-electron chi connectivity index (χ1n) is 6.66. The van der Waals surface area contributed by atoms with E-state index in [1.54, 1.807) is 18.2 Å². The van der Waals surface area contributed by atoms with Crippen LogP contribution in [-0.2, 0) is 0 Å². The van der Waals surface area contributed by atoms with Gasteiger partial charge in [0.15, 0.2) is 0 Å². The number of ether oxygens (including phenoxy) is 1. The fourth-order valence-corrected chi connectivity index (χ4v) is 2.18. The van der Waals surface area contributed by atoms with E-state index >= 15 is 0 Å². The monoisotopic (exact) mass is 320 g/mol. The van der Waals surface area contributed by atoms with Crippen molar-refractivity contribution in [3.63, 3.8) is 0 Å². The zero-order valence-corrected chi connectivity index (χ0v) is 11.7. The van der Waals surface area contributed by atoms with Crippen LogP contribution in [0.5, 0.6) is 5.88 Å². The topological polar surface area (TPSA) is 48.2 Å². The molecule has 3 aromatic rings. The molecule has 0 saturated carbocycles. The Hall–Kier alpha value is -2.83. The molecule has 3 rings (SSSR count). The van der Waals surface area contributed by atoms with Crippen LogP contribution in [-0.4, -0.2) is 16.1 Å². The van der Waals surface area contributed by atoms with Gasteiger partial charge in [0.05, 0.1) is 12.5 Å². The highest BCUT2D eigenvalue weighted by Gasteiger charge is 2.44. The van der Waals surface area contributed by atoms with E-state index in [0.717, 1.165) is 6.33 Å². The SMILES string of the molecule is FC(F)(F)C(Oc1ccncn1)c1ccccc1-c1ccoc1. The third kappa shape index (κ3) is 3.33. The predicted octanol–water partition coefficient (Wildman–Crippen LogP) is 4.42. The second-order valence-electron chi connectivity index (χ2n) is 4.69. The second-order valence-corrected chi connectivity index (χ2v) is 4.69. The minimum atomic E-state index is -4.61. The second kappa shape index (κ2) is 6.12. The Labute approximate surface area is 129 Å². The van der Waals surface area contributed by atoms with Crippen molar-refractivity contribution in [2.45, 2.75) is 12.3 Å². The van der Waals surface area contributed by atoms with Crippen LogP contribution in [0.3, 0.4) is 0 Å². The van der Waals surface area contributed by atoms with Crippen LogP contribution in [0.15, 0.2) is 65.9 Å². The molecule has 0 saturated heterocycles. The highest BCUT2D eigenvalue weighted by atomic mass is 19.4.